The summed E-state index contributed by atoms with van der Waals surface area (Å²) in [5.41, 5.74) is 0.856. The molecule has 1 aliphatic heterocycles. The van der Waals surface area contributed by atoms with Gasteiger partial charge in [-0.1, -0.05) is 19.1 Å². The van der Waals surface area contributed by atoms with Crippen molar-refractivity contribution in [3.63, 3.8) is 0 Å². The summed E-state index contributed by atoms with van der Waals surface area (Å²) < 4.78 is 13.4. The Bertz CT molecular complexity index is 459. The number of likely N-dealkylation sites (N-methyl/N-ethyl adjacent to an activating group) is 1. The van der Waals surface area contributed by atoms with Crippen LogP contribution in [0.5, 0.6) is 0 Å². The Kier molecular flexibility index (Phi) is 5.15. The molecule has 0 saturated carbocycles. The van der Waals surface area contributed by atoms with Crippen molar-refractivity contribution in [2.75, 3.05) is 26.2 Å². The fourth-order valence-corrected chi connectivity index (χ4v) is 2.83. The van der Waals surface area contributed by atoms with E-state index in [2.05, 4.69) is 23.6 Å². The summed E-state index contributed by atoms with van der Waals surface area (Å²) in [5, 5.41) is 18.3. The molecule has 2 rings (SSSR count). The summed E-state index contributed by atoms with van der Waals surface area (Å²) >= 11 is 0. The van der Waals surface area contributed by atoms with E-state index in [0.29, 0.717) is 12.6 Å². The topological polar surface area (TPSA) is 46.9 Å². The number of piperazine rings is 1. The summed E-state index contributed by atoms with van der Waals surface area (Å²) in [4.78, 5) is 4.75. The van der Waals surface area contributed by atoms with Gasteiger partial charge < -0.3 is 10.0 Å². The lowest BCUT2D eigenvalue weighted by molar-refractivity contribution is 0.0834. The average molecular weight is 280 g/mol. The van der Waals surface area contributed by atoms with Gasteiger partial charge in [0.05, 0.1) is 0 Å². The zero-order valence-corrected chi connectivity index (χ0v) is 12.1. The minimum Gasteiger partial charge on any atom is -0.423 e. The number of benzene rings is 1. The predicted octanol–water partition coefficient (Wildman–Crippen LogP) is 0.0315. The molecule has 1 aromatic rings. The van der Waals surface area contributed by atoms with Gasteiger partial charge in [0.1, 0.15) is 5.82 Å². The molecule has 0 aromatic heterocycles. The molecule has 2 N–H and O–H groups in total. The maximum absolute atomic E-state index is 13.4. The third-order valence-corrected chi connectivity index (χ3v) is 4.00. The second-order valence-corrected chi connectivity index (χ2v) is 5.44. The van der Waals surface area contributed by atoms with Crippen LogP contribution in [-0.4, -0.2) is 59.2 Å². The number of hydrogen-bond acceptors (Lipinski definition) is 4. The molecule has 0 radical (unpaired) electrons. The SMILES string of the molecule is CCN1CCN(Cc2ccc(F)c(B(O)O)c2)CC1C. The standard InChI is InChI=1S/C14H22BFN2O2/c1-3-18-7-6-17(9-11(18)2)10-12-4-5-14(16)13(8-12)15(19)20/h4-5,8,11,19-20H,3,6-7,9-10H2,1-2H3. The zero-order chi connectivity index (χ0) is 14.7. The van der Waals surface area contributed by atoms with E-state index in [0.717, 1.165) is 31.7 Å². The second kappa shape index (κ2) is 6.67. The summed E-state index contributed by atoms with van der Waals surface area (Å²) in [7, 11) is -1.76. The van der Waals surface area contributed by atoms with Crippen LogP contribution in [0, 0.1) is 5.82 Å². The van der Waals surface area contributed by atoms with Gasteiger partial charge in [-0.15, -0.1) is 0 Å². The molecule has 20 heavy (non-hydrogen) atoms. The smallest absolute Gasteiger partial charge is 0.423 e. The molecular weight excluding hydrogens is 258 g/mol. The van der Waals surface area contributed by atoms with E-state index >= 15 is 0 Å². The number of rotatable bonds is 4. The van der Waals surface area contributed by atoms with Crippen molar-refractivity contribution in [1.29, 1.82) is 0 Å². The lowest BCUT2D eigenvalue weighted by atomic mass is 9.79. The molecular formula is C14H22BFN2O2. The lowest BCUT2D eigenvalue weighted by Gasteiger charge is -2.39. The van der Waals surface area contributed by atoms with E-state index < -0.39 is 12.9 Å². The molecule has 1 heterocycles. The van der Waals surface area contributed by atoms with Gasteiger partial charge >= 0.3 is 7.12 Å². The van der Waals surface area contributed by atoms with Crippen LogP contribution in [-0.2, 0) is 6.54 Å². The van der Waals surface area contributed by atoms with E-state index in [1.54, 1.807) is 6.07 Å². The summed E-state index contributed by atoms with van der Waals surface area (Å²) in [6, 6.07) is 5.06. The van der Waals surface area contributed by atoms with E-state index in [-0.39, 0.29) is 5.46 Å². The largest absolute Gasteiger partial charge is 0.491 e. The summed E-state index contributed by atoms with van der Waals surface area (Å²) in [6.45, 7) is 9.14. The van der Waals surface area contributed by atoms with Crippen LogP contribution in [0.1, 0.15) is 19.4 Å². The van der Waals surface area contributed by atoms with Crippen molar-refractivity contribution in [3.05, 3.63) is 29.6 Å². The van der Waals surface area contributed by atoms with Crippen molar-refractivity contribution < 1.29 is 14.4 Å². The Hall–Kier alpha value is -0.945. The molecule has 0 bridgehead atoms. The Morgan fingerprint density at radius 1 is 1.35 bits per heavy atom. The van der Waals surface area contributed by atoms with E-state index in [1.165, 1.54) is 12.1 Å². The second-order valence-electron chi connectivity index (χ2n) is 5.44. The van der Waals surface area contributed by atoms with Crippen LogP contribution in [0.25, 0.3) is 0 Å². The number of nitrogens with zero attached hydrogens (tertiary/aromatic N) is 2. The molecule has 1 saturated heterocycles. The van der Waals surface area contributed by atoms with Crippen LogP contribution in [0.15, 0.2) is 18.2 Å². The molecule has 110 valence electrons. The Morgan fingerprint density at radius 3 is 2.70 bits per heavy atom. The van der Waals surface area contributed by atoms with Crippen molar-refractivity contribution >= 4 is 12.6 Å². The average Bonchev–Trinajstić information content (AvgIpc) is 2.41. The fourth-order valence-electron chi connectivity index (χ4n) is 2.83. The molecule has 1 unspecified atom stereocenters. The van der Waals surface area contributed by atoms with E-state index in [1.807, 2.05) is 0 Å². The molecule has 1 aliphatic rings. The highest BCUT2D eigenvalue weighted by Crippen LogP contribution is 2.13. The Balaban J connectivity index is 2.02. The number of hydrogen-bond donors (Lipinski definition) is 2. The van der Waals surface area contributed by atoms with Gasteiger partial charge in [0.25, 0.3) is 0 Å². The van der Waals surface area contributed by atoms with Crippen molar-refractivity contribution in [2.45, 2.75) is 26.4 Å². The molecule has 1 fully saturated rings. The van der Waals surface area contributed by atoms with Crippen LogP contribution in [0.2, 0.25) is 0 Å². The first-order valence-electron chi connectivity index (χ1n) is 7.12. The van der Waals surface area contributed by atoms with Gasteiger partial charge in [-0.25, -0.2) is 4.39 Å². The maximum atomic E-state index is 13.4. The van der Waals surface area contributed by atoms with Crippen molar-refractivity contribution in [2.24, 2.45) is 0 Å². The molecule has 6 heteroatoms. The molecule has 0 spiro atoms. The Morgan fingerprint density at radius 2 is 2.10 bits per heavy atom. The first-order valence-corrected chi connectivity index (χ1v) is 7.12. The molecule has 1 aromatic carbocycles. The van der Waals surface area contributed by atoms with Crippen molar-refractivity contribution in [1.82, 2.24) is 9.80 Å². The van der Waals surface area contributed by atoms with Gasteiger partial charge in [0.2, 0.25) is 0 Å². The zero-order valence-electron chi connectivity index (χ0n) is 12.1. The van der Waals surface area contributed by atoms with Gasteiger partial charge in [0, 0.05) is 37.7 Å². The van der Waals surface area contributed by atoms with Crippen molar-refractivity contribution in [3.8, 4) is 0 Å². The highest BCUT2D eigenvalue weighted by molar-refractivity contribution is 6.58. The fraction of sp³-hybridized carbons (Fsp3) is 0.571. The van der Waals surface area contributed by atoms with Gasteiger partial charge in [-0.2, -0.15) is 0 Å². The summed E-state index contributed by atoms with van der Waals surface area (Å²) in [5.74, 6) is -0.576. The minimum atomic E-state index is -1.76. The van der Waals surface area contributed by atoms with Gasteiger partial charge in [-0.05, 0) is 25.1 Å². The van der Waals surface area contributed by atoms with Crippen LogP contribution < -0.4 is 5.46 Å². The minimum absolute atomic E-state index is 0.0530. The van der Waals surface area contributed by atoms with Gasteiger partial charge in [-0.3, -0.25) is 9.80 Å². The van der Waals surface area contributed by atoms with Crippen LogP contribution >= 0.6 is 0 Å². The van der Waals surface area contributed by atoms with Gasteiger partial charge in [0.15, 0.2) is 0 Å². The number of halogens is 1. The maximum Gasteiger partial charge on any atom is 0.491 e. The molecule has 0 aliphatic carbocycles. The Labute approximate surface area is 120 Å². The normalized spacial score (nSPS) is 21.1. The quantitative estimate of drug-likeness (QED) is 0.764. The first-order chi connectivity index (χ1) is 9.51. The predicted molar refractivity (Wildman–Crippen MR) is 78.2 cm³/mol. The van der Waals surface area contributed by atoms with E-state index in [4.69, 9.17) is 10.0 Å². The van der Waals surface area contributed by atoms with E-state index in [9.17, 15) is 4.39 Å². The highest BCUT2D eigenvalue weighted by Gasteiger charge is 2.23. The monoisotopic (exact) mass is 280 g/mol. The third kappa shape index (κ3) is 3.58. The molecule has 1 atom stereocenters. The molecule has 4 nitrogen and oxygen atoms in total. The highest BCUT2D eigenvalue weighted by atomic mass is 19.1. The molecule has 0 amide bonds. The first kappa shape index (κ1) is 15.4. The summed E-state index contributed by atoms with van der Waals surface area (Å²) in [6.07, 6.45) is 0. The lowest BCUT2D eigenvalue weighted by Crippen LogP contribution is -2.51. The van der Waals surface area contributed by atoms with Crippen LogP contribution in [0.4, 0.5) is 4.39 Å². The third-order valence-electron chi connectivity index (χ3n) is 4.00. The van der Waals surface area contributed by atoms with Crippen LogP contribution in [0.3, 0.4) is 0 Å².